The molecule has 2 aromatic rings. The van der Waals surface area contributed by atoms with Gasteiger partial charge in [0, 0.05) is 26.2 Å². The lowest BCUT2D eigenvalue weighted by molar-refractivity contribution is -0.122. The number of amides is 1. The maximum absolute atomic E-state index is 12.3. The zero-order chi connectivity index (χ0) is 19.2. The summed E-state index contributed by atoms with van der Waals surface area (Å²) in [5.41, 5.74) is 9.28. The van der Waals surface area contributed by atoms with Crippen molar-refractivity contribution in [3.63, 3.8) is 0 Å². The highest BCUT2D eigenvalue weighted by Crippen LogP contribution is 2.22. The fourth-order valence-electron chi connectivity index (χ4n) is 4.05. The molecule has 1 aliphatic heterocycles. The van der Waals surface area contributed by atoms with Crippen LogP contribution in [0.2, 0.25) is 0 Å². The summed E-state index contributed by atoms with van der Waals surface area (Å²) in [4.78, 5) is 14.8. The van der Waals surface area contributed by atoms with E-state index in [-0.39, 0.29) is 30.7 Å². The summed E-state index contributed by atoms with van der Waals surface area (Å²) in [6, 6.07) is 17.4. The number of carbonyl (C=O) groups excluding carboxylic acids is 1. The van der Waals surface area contributed by atoms with Crippen LogP contribution in [0.25, 0.3) is 0 Å². The number of hydrogen-bond acceptors (Lipinski definition) is 3. The molecule has 1 fully saturated rings. The minimum absolute atomic E-state index is 0. The van der Waals surface area contributed by atoms with Gasteiger partial charge in [0.15, 0.2) is 0 Å². The third-order valence-electron chi connectivity index (χ3n) is 5.28. The minimum Gasteiger partial charge on any atom is -0.350 e. The molecule has 3 unspecified atom stereocenters. The predicted octanol–water partition coefficient (Wildman–Crippen LogP) is 4.32. The van der Waals surface area contributed by atoms with Crippen molar-refractivity contribution < 1.29 is 4.79 Å². The normalized spacial score (nSPS) is 20.1. The average molecular weight is 438 g/mol. The fourth-order valence-corrected chi connectivity index (χ4v) is 4.05. The highest BCUT2D eigenvalue weighted by atomic mass is 35.5. The standard InChI is InChI=1S/C23H31N3O.2ClH/c1-17-12-18(2)15-26(14-17)16-20-10-8-19(9-11-20)13-25-23(27)22(24)21-6-4-3-5-7-21;;/h3-11,17-18,22H,12-16,24H2,1-2H3,(H,25,27);2*1H. The highest BCUT2D eigenvalue weighted by molar-refractivity contribution is 5.85. The number of likely N-dealkylation sites (tertiary alicyclic amines) is 1. The number of hydrogen-bond donors (Lipinski definition) is 2. The van der Waals surface area contributed by atoms with Gasteiger partial charge >= 0.3 is 0 Å². The largest absolute Gasteiger partial charge is 0.350 e. The Hall–Kier alpha value is -1.59. The average Bonchev–Trinajstić information content (AvgIpc) is 2.66. The molecule has 0 bridgehead atoms. The zero-order valence-corrected chi connectivity index (χ0v) is 18.8. The van der Waals surface area contributed by atoms with E-state index in [0.717, 1.165) is 29.5 Å². The topological polar surface area (TPSA) is 58.4 Å². The number of nitrogens with one attached hydrogen (secondary N) is 1. The van der Waals surface area contributed by atoms with Crippen molar-refractivity contribution in [2.45, 2.75) is 39.4 Å². The second-order valence-electron chi connectivity index (χ2n) is 8.06. The predicted molar refractivity (Wildman–Crippen MR) is 124 cm³/mol. The molecule has 0 aromatic heterocycles. The van der Waals surface area contributed by atoms with Gasteiger partial charge in [0.25, 0.3) is 0 Å². The van der Waals surface area contributed by atoms with Gasteiger partial charge in [-0.05, 0) is 34.9 Å². The summed E-state index contributed by atoms with van der Waals surface area (Å²) in [6.07, 6.45) is 1.33. The van der Waals surface area contributed by atoms with Crippen LogP contribution in [0.3, 0.4) is 0 Å². The maximum atomic E-state index is 12.3. The Labute approximate surface area is 187 Å². The quantitative estimate of drug-likeness (QED) is 0.706. The van der Waals surface area contributed by atoms with Crippen molar-refractivity contribution in [3.8, 4) is 0 Å². The van der Waals surface area contributed by atoms with Gasteiger partial charge in [-0.1, -0.05) is 68.4 Å². The molecule has 3 N–H and O–H groups in total. The molecule has 4 nitrogen and oxygen atoms in total. The van der Waals surface area contributed by atoms with Gasteiger partial charge in [0.05, 0.1) is 0 Å². The number of halogens is 2. The molecule has 1 saturated heterocycles. The number of nitrogens with zero attached hydrogens (tertiary/aromatic N) is 1. The van der Waals surface area contributed by atoms with E-state index in [0.29, 0.717) is 6.54 Å². The minimum atomic E-state index is -0.631. The third kappa shape index (κ3) is 7.63. The lowest BCUT2D eigenvalue weighted by Gasteiger charge is -2.35. The van der Waals surface area contributed by atoms with Crippen LogP contribution in [0.1, 0.15) is 43.0 Å². The van der Waals surface area contributed by atoms with Gasteiger partial charge in [-0.3, -0.25) is 9.69 Å². The fraction of sp³-hybridized carbons (Fsp3) is 0.435. The number of carbonyl (C=O) groups is 1. The molecule has 0 saturated carbocycles. The third-order valence-corrected chi connectivity index (χ3v) is 5.28. The Kier molecular flexibility index (Phi) is 10.7. The van der Waals surface area contributed by atoms with Crippen LogP contribution in [0.5, 0.6) is 0 Å². The van der Waals surface area contributed by atoms with Crippen LogP contribution in [-0.2, 0) is 17.9 Å². The molecule has 3 rings (SSSR count). The molecule has 29 heavy (non-hydrogen) atoms. The molecule has 1 aliphatic rings. The van der Waals surface area contributed by atoms with Gasteiger partial charge in [-0.2, -0.15) is 0 Å². The lowest BCUT2D eigenvalue weighted by Crippen LogP contribution is -2.38. The molecule has 0 aliphatic carbocycles. The first-order valence-corrected chi connectivity index (χ1v) is 9.89. The Bertz CT molecular complexity index is 730. The number of benzene rings is 2. The van der Waals surface area contributed by atoms with E-state index in [1.165, 1.54) is 25.1 Å². The number of piperidine rings is 1. The van der Waals surface area contributed by atoms with E-state index in [1.54, 1.807) is 0 Å². The molecule has 1 amide bonds. The van der Waals surface area contributed by atoms with Crippen LogP contribution in [0, 0.1) is 11.8 Å². The van der Waals surface area contributed by atoms with Gasteiger partial charge in [0.2, 0.25) is 5.91 Å². The van der Waals surface area contributed by atoms with Gasteiger partial charge in [0.1, 0.15) is 6.04 Å². The molecule has 1 heterocycles. The van der Waals surface area contributed by atoms with Crippen molar-refractivity contribution >= 4 is 30.7 Å². The van der Waals surface area contributed by atoms with E-state index >= 15 is 0 Å². The lowest BCUT2D eigenvalue weighted by atomic mass is 9.91. The molecule has 0 radical (unpaired) electrons. The van der Waals surface area contributed by atoms with E-state index in [4.69, 9.17) is 5.73 Å². The second-order valence-corrected chi connectivity index (χ2v) is 8.06. The van der Waals surface area contributed by atoms with E-state index in [2.05, 4.69) is 48.3 Å². The number of rotatable bonds is 6. The van der Waals surface area contributed by atoms with Gasteiger partial charge in [-0.15, -0.1) is 24.8 Å². The molecule has 6 heteroatoms. The van der Waals surface area contributed by atoms with Crippen molar-refractivity contribution in [2.75, 3.05) is 13.1 Å². The summed E-state index contributed by atoms with van der Waals surface area (Å²) in [5, 5.41) is 2.94. The van der Waals surface area contributed by atoms with Crippen LogP contribution in [0.15, 0.2) is 54.6 Å². The Morgan fingerprint density at radius 1 is 1.00 bits per heavy atom. The monoisotopic (exact) mass is 437 g/mol. The second kappa shape index (κ2) is 12.2. The zero-order valence-electron chi connectivity index (χ0n) is 17.2. The first kappa shape index (κ1) is 25.4. The maximum Gasteiger partial charge on any atom is 0.241 e. The summed E-state index contributed by atoms with van der Waals surface area (Å²) in [6.45, 7) is 8.54. The Morgan fingerprint density at radius 3 is 2.14 bits per heavy atom. The molecule has 160 valence electrons. The van der Waals surface area contributed by atoms with Crippen LogP contribution < -0.4 is 11.1 Å². The molecule has 0 spiro atoms. The molecular formula is C23H33Cl2N3O. The molecule has 2 aromatic carbocycles. The molecule has 3 atom stereocenters. The van der Waals surface area contributed by atoms with Crippen molar-refractivity contribution in [1.29, 1.82) is 0 Å². The van der Waals surface area contributed by atoms with Crippen LogP contribution >= 0.6 is 24.8 Å². The smallest absolute Gasteiger partial charge is 0.241 e. The number of nitrogens with two attached hydrogens (primary N) is 1. The van der Waals surface area contributed by atoms with Gasteiger partial charge < -0.3 is 11.1 Å². The van der Waals surface area contributed by atoms with E-state index in [9.17, 15) is 4.79 Å². The van der Waals surface area contributed by atoms with Gasteiger partial charge in [-0.25, -0.2) is 0 Å². The Balaban J connectivity index is 0.00000210. The first-order chi connectivity index (χ1) is 13.0. The summed E-state index contributed by atoms with van der Waals surface area (Å²) in [5.74, 6) is 1.40. The molecular weight excluding hydrogens is 405 g/mol. The summed E-state index contributed by atoms with van der Waals surface area (Å²) in [7, 11) is 0. The first-order valence-electron chi connectivity index (χ1n) is 9.89. The van der Waals surface area contributed by atoms with Crippen molar-refractivity contribution in [2.24, 2.45) is 17.6 Å². The van der Waals surface area contributed by atoms with E-state index in [1.807, 2.05) is 30.3 Å². The summed E-state index contributed by atoms with van der Waals surface area (Å²) < 4.78 is 0. The Morgan fingerprint density at radius 2 is 1.55 bits per heavy atom. The van der Waals surface area contributed by atoms with Crippen LogP contribution in [-0.4, -0.2) is 23.9 Å². The van der Waals surface area contributed by atoms with Crippen molar-refractivity contribution in [1.82, 2.24) is 10.2 Å². The summed E-state index contributed by atoms with van der Waals surface area (Å²) >= 11 is 0. The highest BCUT2D eigenvalue weighted by Gasteiger charge is 2.21. The van der Waals surface area contributed by atoms with Crippen molar-refractivity contribution in [3.05, 3.63) is 71.3 Å². The SMILES string of the molecule is CC1CC(C)CN(Cc2ccc(CNC(=O)C(N)c3ccccc3)cc2)C1.Cl.Cl. The van der Waals surface area contributed by atoms with E-state index < -0.39 is 6.04 Å². The van der Waals surface area contributed by atoms with Crippen LogP contribution in [0.4, 0.5) is 0 Å².